The Balaban J connectivity index is 1.52. The first-order valence-corrected chi connectivity index (χ1v) is 8.84. The van der Waals surface area contributed by atoms with Gasteiger partial charge in [-0.05, 0) is 50.5 Å². The van der Waals surface area contributed by atoms with Gasteiger partial charge in [-0.3, -0.25) is 14.0 Å². The molecule has 3 aromatic rings. The van der Waals surface area contributed by atoms with Crippen molar-refractivity contribution < 1.29 is 4.79 Å². The van der Waals surface area contributed by atoms with E-state index in [9.17, 15) is 9.59 Å². The van der Waals surface area contributed by atoms with Gasteiger partial charge in [0, 0.05) is 30.9 Å². The molecule has 0 aliphatic carbocycles. The molecule has 7 heteroatoms. The van der Waals surface area contributed by atoms with E-state index < -0.39 is 0 Å². The van der Waals surface area contributed by atoms with Crippen LogP contribution >= 0.6 is 0 Å². The number of aromatic amines is 1. The fourth-order valence-corrected chi connectivity index (χ4v) is 3.76. The van der Waals surface area contributed by atoms with Crippen LogP contribution in [-0.2, 0) is 0 Å². The fraction of sp³-hybridized carbons (Fsp3) is 0.368. The van der Waals surface area contributed by atoms with Crippen LogP contribution in [-0.4, -0.2) is 43.5 Å². The first-order chi connectivity index (χ1) is 12.5. The van der Waals surface area contributed by atoms with Crippen LogP contribution in [0.5, 0.6) is 0 Å². The molecule has 1 aliphatic rings. The molecule has 134 valence electrons. The zero-order valence-corrected chi connectivity index (χ0v) is 14.9. The Labute approximate surface area is 150 Å². The highest BCUT2D eigenvalue weighted by Gasteiger charge is 2.29. The summed E-state index contributed by atoms with van der Waals surface area (Å²) in [6, 6.07) is 7.67. The molecule has 3 aromatic heterocycles. The summed E-state index contributed by atoms with van der Waals surface area (Å²) in [5.41, 5.74) is 2.27. The number of aryl methyl sites for hydroxylation is 2. The van der Waals surface area contributed by atoms with Crippen molar-refractivity contribution in [3.63, 3.8) is 0 Å². The summed E-state index contributed by atoms with van der Waals surface area (Å²) >= 11 is 0. The third-order valence-electron chi connectivity index (χ3n) is 5.07. The van der Waals surface area contributed by atoms with E-state index in [-0.39, 0.29) is 22.9 Å². The summed E-state index contributed by atoms with van der Waals surface area (Å²) in [5.74, 6) is 1.01. The summed E-state index contributed by atoms with van der Waals surface area (Å²) < 4.78 is 2.01. The van der Waals surface area contributed by atoms with Crippen molar-refractivity contribution in [2.24, 2.45) is 0 Å². The number of H-pyrrole nitrogens is 1. The van der Waals surface area contributed by atoms with Gasteiger partial charge >= 0.3 is 0 Å². The highest BCUT2D eigenvalue weighted by atomic mass is 16.2. The Kier molecular flexibility index (Phi) is 4.06. The van der Waals surface area contributed by atoms with Crippen LogP contribution < -0.4 is 5.56 Å². The maximum atomic E-state index is 12.8. The Hall–Kier alpha value is -2.96. The molecule has 0 saturated carbocycles. The number of fused-ring (bicyclic) bond motifs is 1. The molecule has 26 heavy (non-hydrogen) atoms. The van der Waals surface area contributed by atoms with Crippen molar-refractivity contribution in [1.29, 1.82) is 0 Å². The van der Waals surface area contributed by atoms with E-state index in [4.69, 9.17) is 0 Å². The highest BCUT2D eigenvalue weighted by Crippen LogP contribution is 2.27. The number of rotatable bonds is 2. The Morgan fingerprint density at radius 2 is 1.96 bits per heavy atom. The van der Waals surface area contributed by atoms with E-state index in [2.05, 4.69) is 15.2 Å². The standard InChI is InChI=1S/C19H21N5O2/c1-12-11-13(2)20-18(25)16(12)19(26)23-9-6-14(7-10-23)17-22-21-15-5-3-4-8-24(15)17/h3-5,8,11,14H,6-7,9-10H2,1-2H3,(H,20,25). The van der Waals surface area contributed by atoms with Gasteiger partial charge in [-0.25, -0.2) is 0 Å². The van der Waals surface area contributed by atoms with Gasteiger partial charge in [-0.1, -0.05) is 6.07 Å². The van der Waals surface area contributed by atoms with Gasteiger partial charge in [-0.15, -0.1) is 10.2 Å². The van der Waals surface area contributed by atoms with Crippen LogP contribution in [0.25, 0.3) is 5.65 Å². The molecule has 1 aliphatic heterocycles. The molecule has 4 heterocycles. The minimum atomic E-state index is -0.307. The lowest BCUT2D eigenvalue weighted by Gasteiger charge is -2.31. The molecule has 1 saturated heterocycles. The third-order valence-corrected chi connectivity index (χ3v) is 5.07. The molecule has 0 spiro atoms. The molecule has 4 rings (SSSR count). The number of nitrogens with one attached hydrogen (secondary N) is 1. The van der Waals surface area contributed by atoms with E-state index in [1.807, 2.05) is 48.7 Å². The lowest BCUT2D eigenvalue weighted by molar-refractivity contribution is 0.0708. The number of hydrogen-bond acceptors (Lipinski definition) is 4. The van der Waals surface area contributed by atoms with Crippen molar-refractivity contribution in [3.8, 4) is 0 Å². The maximum absolute atomic E-state index is 12.8. The molecule has 1 fully saturated rings. The molecule has 0 atom stereocenters. The monoisotopic (exact) mass is 351 g/mol. The van der Waals surface area contributed by atoms with Gasteiger partial charge in [0.05, 0.1) is 0 Å². The number of nitrogens with zero attached hydrogens (tertiary/aromatic N) is 4. The van der Waals surface area contributed by atoms with Crippen LogP contribution in [0.1, 0.15) is 46.2 Å². The van der Waals surface area contributed by atoms with Crippen molar-refractivity contribution >= 4 is 11.6 Å². The lowest BCUT2D eigenvalue weighted by atomic mass is 9.95. The third kappa shape index (κ3) is 2.79. The molecule has 1 N–H and O–H groups in total. The van der Waals surface area contributed by atoms with E-state index in [1.54, 1.807) is 4.90 Å². The average Bonchev–Trinajstić information content (AvgIpc) is 3.05. The molecule has 1 amide bonds. The van der Waals surface area contributed by atoms with Gasteiger partial charge in [-0.2, -0.15) is 0 Å². The molecule has 0 radical (unpaired) electrons. The predicted octanol–water partition coefficient (Wildman–Crippen LogP) is 2.05. The smallest absolute Gasteiger partial charge is 0.261 e. The quantitative estimate of drug-likeness (QED) is 0.766. The van der Waals surface area contributed by atoms with Gasteiger partial charge in [0.1, 0.15) is 11.4 Å². The summed E-state index contributed by atoms with van der Waals surface area (Å²) in [4.78, 5) is 29.5. The zero-order chi connectivity index (χ0) is 18.3. The fourth-order valence-electron chi connectivity index (χ4n) is 3.76. The Morgan fingerprint density at radius 3 is 2.69 bits per heavy atom. The van der Waals surface area contributed by atoms with E-state index in [1.165, 1.54) is 0 Å². The summed E-state index contributed by atoms with van der Waals surface area (Å²) in [7, 11) is 0. The number of carbonyl (C=O) groups excluding carboxylic acids is 1. The number of hydrogen-bond donors (Lipinski definition) is 1. The van der Waals surface area contributed by atoms with Crippen molar-refractivity contribution in [1.82, 2.24) is 24.5 Å². The lowest BCUT2D eigenvalue weighted by Crippen LogP contribution is -2.41. The zero-order valence-electron chi connectivity index (χ0n) is 14.9. The van der Waals surface area contributed by atoms with Crippen LogP contribution in [0.4, 0.5) is 0 Å². The van der Waals surface area contributed by atoms with E-state index in [0.29, 0.717) is 13.1 Å². The largest absolute Gasteiger partial charge is 0.338 e. The molecule has 0 bridgehead atoms. The van der Waals surface area contributed by atoms with Crippen molar-refractivity contribution in [3.05, 3.63) is 63.5 Å². The topological polar surface area (TPSA) is 83.4 Å². The second-order valence-electron chi connectivity index (χ2n) is 6.89. The molecule has 0 unspecified atom stereocenters. The molecule has 7 nitrogen and oxygen atoms in total. The number of carbonyl (C=O) groups is 1. The molecular weight excluding hydrogens is 330 g/mol. The molecule has 0 aromatic carbocycles. The van der Waals surface area contributed by atoms with Gasteiger partial charge < -0.3 is 9.88 Å². The Bertz CT molecular complexity index is 1030. The van der Waals surface area contributed by atoms with Gasteiger partial charge in [0.15, 0.2) is 5.65 Å². The first kappa shape index (κ1) is 16.5. The van der Waals surface area contributed by atoms with E-state index >= 15 is 0 Å². The van der Waals surface area contributed by atoms with Gasteiger partial charge in [0.2, 0.25) is 0 Å². The normalized spacial score (nSPS) is 15.5. The number of pyridine rings is 2. The van der Waals surface area contributed by atoms with Crippen molar-refractivity contribution in [2.75, 3.05) is 13.1 Å². The van der Waals surface area contributed by atoms with Crippen LogP contribution in [0.15, 0.2) is 35.3 Å². The van der Waals surface area contributed by atoms with Crippen LogP contribution in [0.2, 0.25) is 0 Å². The number of likely N-dealkylation sites (tertiary alicyclic amines) is 1. The van der Waals surface area contributed by atoms with Crippen LogP contribution in [0.3, 0.4) is 0 Å². The van der Waals surface area contributed by atoms with Gasteiger partial charge in [0.25, 0.3) is 11.5 Å². The maximum Gasteiger partial charge on any atom is 0.261 e. The Morgan fingerprint density at radius 1 is 1.19 bits per heavy atom. The minimum absolute atomic E-state index is 0.187. The number of aromatic nitrogens is 4. The average molecular weight is 351 g/mol. The summed E-state index contributed by atoms with van der Waals surface area (Å²) in [5, 5.41) is 8.55. The second kappa shape index (κ2) is 6.40. The number of piperidine rings is 1. The first-order valence-electron chi connectivity index (χ1n) is 8.84. The second-order valence-corrected chi connectivity index (χ2v) is 6.89. The SMILES string of the molecule is Cc1cc(C)c(C(=O)N2CCC(c3nnc4ccccn34)CC2)c(=O)[nH]1. The predicted molar refractivity (Wildman–Crippen MR) is 97.4 cm³/mol. The van der Waals surface area contributed by atoms with Crippen LogP contribution in [0, 0.1) is 13.8 Å². The molecular formula is C19H21N5O2. The highest BCUT2D eigenvalue weighted by molar-refractivity contribution is 5.95. The summed E-state index contributed by atoms with van der Waals surface area (Å²) in [6.45, 7) is 4.84. The van der Waals surface area contributed by atoms with Crippen molar-refractivity contribution in [2.45, 2.75) is 32.6 Å². The minimum Gasteiger partial charge on any atom is -0.338 e. The summed E-state index contributed by atoms with van der Waals surface area (Å²) in [6.07, 6.45) is 3.59. The number of amides is 1. The van der Waals surface area contributed by atoms with E-state index in [0.717, 1.165) is 35.6 Å².